The first-order valence-electron chi connectivity index (χ1n) is 12.7. The summed E-state index contributed by atoms with van der Waals surface area (Å²) in [6.07, 6.45) is 1.14. The predicted octanol–water partition coefficient (Wildman–Crippen LogP) is 5.44. The van der Waals surface area contributed by atoms with Gasteiger partial charge in [-0.1, -0.05) is 55.5 Å². The van der Waals surface area contributed by atoms with E-state index in [1.54, 1.807) is 19.1 Å². The Balaban J connectivity index is 1.70. The van der Waals surface area contributed by atoms with E-state index in [1.165, 1.54) is 5.19 Å². The topological polar surface area (TPSA) is 68.2 Å². The van der Waals surface area contributed by atoms with Gasteiger partial charge >= 0.3 is 0 Å². The number of nitrogens with zero attached hydrogens (tertiary/aromatic N) is 1. The van der Waals surface area contributed by atoms with Gasteiger partial charge in [0.2, 0.25) is 6.41 Å². The minimum atomic E-state index is -2.09. The summed E-state index contributed by atoms with van der Waals surface area (Å²) in [5, 5.41) is 11.4. The molecule has 1 N–H and O–H groups in total. The molecule has 1 aliphatic heterocycles. The third kappa shape index (κ3) is 5.30. The summed E-state index contributed by atoms with van der Waals surface area (Å²) >= 11 is 0. The number of fused-ring (bicyclic) bond motifs is 1. The number of para-hydroxylation sites is 1. The number of rotatable bonds is 10. The number of methoxy groups -OCH3 is 2. The largest absolute Gasteiger partial charge is 0.497 e. The van der Waals surface area contributed by atoms with Crippen molar-refractivity contribution >= 4 is 31.0 Å². The summed E-state index contributed by atoms with van der Waals surface area (Å²) in [6.45, 7) is 6.94. The van der Waals surface area contributed by atoms with E-state index in [0.29, 0.717) is 6.42 Å². The first-order chi connectivity index (χ1) is 17.8. The average Bonchev–Trinajstić information content (AvgIpc) is 2.92. The van der Waals surface area contributed by atoms with Crippen molar-refractivity contribution in [1.29, 1.82) is 0 Å². The Morgan fingerprint density at radius 1 is 1.03 bits per heavy atom. The average molecular weight is 520 g/mol. The van der Waals surface area contributed by atoms with Crippen LogP contribution in [0.1, 0.15) is 25.0 Å². The Kier molecular flexibility index (Phi) is 8.37. The molecule has 0 saturated carbocycles. The Morgan fingerprint density at radius 3 is 2.32 bits per heavy atom. The number of benzene rings is 3. The van der Waals surface area contributed by atoms with Crippen molar-refractivity contribution in [2.75, 3.05) is 25.7 Å². The fraction of sp³-hybridized carbons (Fsp3) is 0.367. The van der Waals surface area contributed by atoms with Crippen LogP contribution in [-0.4, -0.2) is 46.5 Å². The number of hydrogen-bond acceptors (Lipinski definition) is 5. The number of carbonyl (C=O) groups excluding carboxylic acids is 1. The van der Waals surface area contributed by atoms with Gasteiger partial charge in [0.05, 0.1) is 21.3 Å². The zero-order valence-corrected chi connectivity index (χ0v) is 23.3. The monoisotopic (exact) mass is 519 g/mol. The molecule has 3 aromatic rings. The highest BCUT2D eigenvalue weighted by atomic mass is 28.3. The normalized spacial score (nSPS) is 19.9. The highest BCUT2D eigenvalue weighted by molar-refractivity contribution is 6.91. The van der Waals surface area contributed by atoms with Gasteiger partial charge in [0, 0.05) is 36.6 Å². The molecule has 0 spiro atoms. The fourth-order valence-electron chi connectivity index (χ4n) is 5.68. The van der Waals surface area contributed by atoms with Crippen LogP contribution in [0, 0.1) is 5.92 Å². The molecule has 0 bridgehead atoms. The van der Waals surface area contributed by atoms with Gasteiger partial charge in [-0.3, -0.25) is 9.69 Å². The Hall–Kier alpha value is -3.13. The number of ether oxygens (including phenoxy) is 3. The Labute approximate surface area is 220 Å². The van der Waals surface area contributed by atoms with E-state index < -0.39 is 8.07 Å². The number of amides is 1. The molecule has 196 valence electrons. The molecule has 0 aromatic heterocycles. The molecular formula is C30H37NO5Si. The van der Waals surface area contributed by atoms with E-state index in [4.69, 9.17) is 14.2 Å². The molecule has 4 atom stereocenters. The van der Waals surface area contributed by atoms with Crippen molar-refractivity contribution in [2.45, 2.75) is 44.2 Å². The van der Waals surface area contributed by atoms with Gasteiger partial charge in [-0.2, -0.15) is 0 Å². The van der Waals surface area contributed by atoms with E-state index in [1.807, 2.05) is 60.7 Å². The van der Waals surface area contributed by atoms with Crippen LogP contribution >= 0.6 is 0 Å². The van der Waals surface area contributed by atoms with Crippen LogP contribution < -0.4 is 19.6 Å². The molecule has 6 nitrogen and oxygen atoms in total. The molecule has 7 heteroatoms. The molecule has 0 radical (unpaired) electrons. The van der Waals surface area contributed by atoms with Crippen molar-refractivity contribution < 1.29 is 24.1 Å². The summed E-state index contributed by atoms with van der Waals surface area (Å²) in [5.74, 6) is 1.63. The molecule has 0 saturated heterocycles. The van der Waals surface area contributed by atoms with E-state index in [0.717, 1.165) is 34.8 Å². The summed E-state index contributed by atoms with van der Waals surface area (Å²) in [4.78, 5) is 13.6. The summed E-state index contributed by atoms with van der Waals surface area (Å²) < 4.78 is 18.2. The fourth-order valence-corrected chi connectivity index (χ4v) is 9.18. The predicted molar refractivity (Wildman–Crippen MR) is 150 cm³/mol. The maximum Gasteiger partial charge on any atom is 0.218 e. The van der Waals surface area contributed by atoms with Gasteiger partial charge in [0.15, 0.2) is 0 Å². The Bertz CT molecular complexity index is 1180. The lowest BCUT2D eigenvalue weighted by Crippen LogP contribution is -2.54. The number of hydrogen-bond donors (Lipinski definition) is 1. The summed E-state index contributed by atoms with van der Waals surface area (Å²) in [5.41, 5.74) is 2.64. The third-order valence-electron chi connectivity index (χ3n) is 7.83. The second-order valence-electron chi connectivity index (χ2n) is 10.2. The molecule has 4 rings (SSSR count). The lowest BCUT2D eigenvalue weighted by molar-refractivity contribution is -0.106. The lowest BCUT2D eigenvalue weighted by Gasteiger charge is -2.46. The second-order valence-corrected chi connectivity index (χ2v) is 15.0. The number of aliphatic hydroxyl groups is 1. The van der Waals surface area contributed by atoms with Crippen molar-refractivity contribution in [3.05, 3.63) is 78.4 Å². The van der Waals surface area contributed by atoms with Gasteiger partial charge < -0.3 is 19.3 Å². The first-order valence-corrected chi connectivity index (χ1v) is 15.8. The smallest absolute Gasteiger partial charge is 0.218 e. The van der Waals surface area contributed by atoms with Gasteiger partial charge in [0.1, 0.15) is 17.6 Å². The SMILES string of the molecule is COc1ccc([Si](C)(C)C(CCO)[C@H]2Oc3ccc(N(C=O)c4ccccc4)cc3[C@@H](OC)[C@@H]2C)cc1. The molecule has 1 heterocycles. The molecule has 1 unspecified atom stereocenters. The molecule has 1 amide bonds. The second kappa shape index (κ2) is 11.5. The minimum absolute atomic E-state index is 0.0377. The van der Waals surface area contributed by atoms with Crippen molar-refractivity contribution in [1.82, 2.24) is 0 Å². The van der Waals surface area contributed by atoms with Crippen molar-refractivity contribution in [2.24, 2.45) is 5.92 Å². The van der Waals surface area contributed by atoms with E-state index >= 15 is 0 Å². The van der Waals surface area contributed by atoms with E-state index in [-0.39, 0.29) is 30.3 Å². The molecule has 1 aliphatic rings. The van der Waals surface area contributed by atoms with Crippen LogP contribution in [0.4, 0.5) is 11.4 Å². The van der Waals surface area contributed by atoms with Crippen LogP contribution in [-0.2, 0) is 9.53 Å². The van der Waals surface area contributed by atoms with Crippen LogP contribution in [0.15, 0.2) is 72.8 Å². The van der Waals surface area contributed by atoms with Crippen LogP contribution in [0.25, 0.3) is 0 Å². The third-order valence-corrected chi connectivity index (χ3v) is 12.1. The zero-order valence-electron chi connectivity index (χ0n) is 22.3. The van der Waals surface area contributed by atoms with Crippen LogP contribution in [0.2, 0.25) is 18.6 Å². The highest BCUT2D eigenvalue weighted by Gasteiger charge is 2.47. The number of anilines is 2. The van der Waals surface area contributed by atoms with Crippen molar-refractivity contribution in [3.63, 3.8) is 0 Å². The molecule has 3 aromatic carbocycles. The minimum Gasteiger partial charge on any atom is -0.497 e. The van der Waals surface area contributed by atoms with Gasteiger partial charge in [0.25, 0.3) is 0 Å². The van der Waals surface area contributed by atoms with Gasteiger partial charge in [-0.15, -0.1) is 0 Å². The zero-order chi connectivity index (χ0) is 26.6. The van der Waals surface area contributed by atoms with E-state index in [9.17, 15) is 9.90 Å². The summed E-state index contributed by atoms with van der Waals surface area (Å²) in [6, 6.07) is 23.7. The Morgan fingerprint density at radius 2 is 1.73 bits per heavy atom. The van der Waals surface area contributed by atoms with Crippen LogP contribution in [0.3, 0.4) is 0 Å². The lowest BCUT2D eigenvalue weighted by atomic mass is 9.86. The number of carbonyl (C=O) groups is 1. The summed E-state index contributed by atoms with van der Waals surface area (Å²) in [7, 11) is 1.31. The van der Waals surface area contributed by atoms with Crippen molar-refractivity contribution in [3.8, 4) is 11.5 Å². The molecule has 0 aliphatic carbocycles. The maximum absolute atomic E-state index is 12.0. The number of aliphatic hydroxyl groups excluding tert-OH is 1. The quantitative estimate of drug-likeness (QED) is 0.285. The maximum atomic E-state index is 12.0. The van der Waals surface area contributed by atoms with Crippen LogP contribution in [0.5, 0.6) is 11.5 Å². The molecular weight excluding hydrogens is 482 g/mol. The van der Waals surface area contributed by atoms with E-state index in [2.05, 4.69) is 32.2 Å². The van der Waals surface area contributed by atoms with Gasteiger partial charge in [-0.05, 0) is 54.4 Å². The first kappa shape index (κ1) is 26.9. The molecule has 0 fully saturated rings. The van der Waals surface area contributed by atoms with Gasteiger partial charge in [-0.25, -0.2) is 0 Å². The highest BCUT2D eigenvalue weighted by Crippen LogP contribution is 2.48. The molecule has 37 heavy (non-hydrogen) atoms. The standard InChI is InChI=1S/C30H37NO5Si/c1-21-29(35-3)26-19-23(31(20-33)22-9-7-6-8-10-22)11-16-27(26)36-30(21)28(17-18-32)37(4,5)25-14-12-24(34-2)13-15-25/h6-16,19-21,28-30,32H,17-18H2,1-5H3/t21-,28?,29-,30-/m0/s1.